The number of hydrogen-bond acceptors (Lipinski definition) is 7. The number of carboxylic acid groups (broad SMARTS) is 1. The maximum absolute atomic E-state index is 13.3. The predicted molar refractivity (Wildman–Crippen MR) is 158 cm³/mol. The summed E-state index contributed by atoms with van der Waals surface area (Å²) < 4.78 is 23.2. The van der Waals surface area contributed by atoms with Crippen molar-refractivity contribution in [2.45, 2.75) is 45.8 Å². The summed E-state index contributed by atoms with van der Waals surface area (Å²) in [5.41, 5.74) is 1.97. The first-order valence-corrected chi connectivity index (χ1v) is 13.7. The molecule has 0 aliphatic carbocycles. The van der Waals surface area contributed by atoms with E-state index in [0.29, 0.717) is 39.4 Å². The van der Waals surface area contributed by atoms with Crippen LogP contribution in [-0.4, -0.2) is 47.0 Å². The molecule has 0 saturated carbocycles. The van der Waals surface area contributed by atoms with Crippen molar-refractivity contribution in [1.29, 1.82) is 0 Å². The highest BCUT2D eigenvalue weighted by Gasteiger charge is 2.25. The number of aromatic nitrogens is 1. The minimum atomic E-state index is -0.872. The standard InChI is InChI=1S/C32H32ClNO8/c1-32(2,3)42-31(38)34-18-26(30(37)41-19-20-7-11-22(39-4)12-8-20)25-16-24(27(33)17-28(25)34)21-9-13-23(14-10-21)40-15-5-6-29(35)36/h7-14,16-18H,5-6,15,19H2,1-4H3,(H,35,36). The molecular weight excluding hydrogens is 562 g/mol. The topological polar surface area (TPSA) is 113 Å². The molecule has 1 aromatic heterocycles. The molecule has 0 bridgehead atoms. The zero-order valence-corrected chi connectivity index (χ0v) is 24.6. The van der Waals surface area contributed by atoms with Gasteiger partial charge in [-0.2, -0.15) is 0 Å². The van der Waals surface area contributed by atoms with Gasteiger partial charge in [0, 0.05) is 23.6 Å². The zero-order chi connectivity index (χ0) is 30.4. The molecule has 0 atom stereocenters. The number of aliphatic carboxylic acids is 1. The summed E-state index contributed by atoms with van der Waals surface area (Å²) in [7, 11) is 1.57. The molecule has 4 rings (SSSR count). The van der Waals surface area contributed by atoms with Crippen LogP contribution >= 0.6 is 11.6 Å². The molecule has 0 radical (unpaired) electrons. The van der Waals surface area contributed by atoms with Crippen LogP contribution in [0.1, 0.15) is 49.5 Å². The molecule has 1 heterocycles. The normalized spacial score (nSPS) is 11.3. The van der Waals surface area contributed by atoms with E-state index >= 15 is 0 Å². The van der Waals surface area contributed by atoms with Gasteiger partial charge in [-0.3, -0.25) is 9.36 Å². The first-order chi connectivity index (χ1) is 19.9. The third-order valence-corrected chi connectivity index (χ3v) is 6.51. The van der Waals surface area contributed by atoms with E-state index in [0.717, 1.165) is 11.1 Å². The van der Waals surface area contributed by atoms with E-state index in [-0.39, 0.29) is 25.2 Å². The van der Waals surface area contributed by atoms with Crippen LogP contribution in [0.5, 0.6) is 11.5 Å². The van der Waals surface area contributed by atoms with Crippen LogP contribution in [0, 0.1) is 0 Å². The SMILES string of the molecule is COc1ccc(COC(=O)c2cn(C(=O)OC(C)(C)C)c3cc(Cl)c(-c4ccc(OCCCC(=O)O)cc4)cc23)cc1. The fourth-order valence-electron chi connectivity index (χ4n) is 4.18. The van der Waals surface area contributed by atoms with E-state index in [1.165, 1.54) is 10.8 Å². The lowest BCUT2D eigenvalue weighted by Crippen LogP contribution is -2.26. The average Bonchev–Trinajstić information content (AvgIpc) is 3.32. The molecule has 0 saturated heterocycles. The summed E-state index contributed by atoms with van der Waals surface area (Å²) in [5, 5.41) is 9.61. The van der Waals surface area contributed by atoms with E-state index in [1.54, 1.807) is 76.4 Å². The van der Waals surface area contributed by atoms with Gasteiger partial charge in [-0.15, -0.1) is 0 Å². The van der Waals surface area contributed by atoms with Crippen molar-refractivity contribution < 1.29 is 38.4 Å². The van der Waals surface area contributed by atoms with Crippen LogP contribution in [-0.2, 0) is 20.9 Å². The van der Waals surface area contributed by atoms with E-state index in [9.17, 15) is 14.4 Å². The Morgan fingerprint density at radius 2 is 1.62 bits per heavy atom. The van der Waals surface area contributed by atoms with Crippen molar-refractivity contribution in [2.24, 2.45) is 0 Å². The second-order valence-corrected chi connectivity index (χ2v) is 10.9. The lowest BCUT2D eigenvalue weighted by atomic mass is 10.0. The zero-order valence-electron chi connectivity index (χ0n) is 23.8. The van der Waals surface area contributed by atoms with Crippen molar-refractivity contribution in [2.75, 3.05) is 13.7 Å². The minimum absolute atomic E-state index is 0.0241. The Balaban J connectivity index is 1.65. The molecule has 1 N–H and O–H groups in total. The molecule has 0 aliphatic rings. The van der Waals surface area contributed by atoms with Crippen LogP contribution in [0.25, 0.3) is 22.0 Å². The number of fused-ring (bicyclic) bond motifs is 1. The van der Waals surface area contributed by atoms with Crippen LogP contribution in [0.4, 0.5) is 4.79 Å². The number of carbonyl (C=O) groups is 3. The van der Waals surface area contributed by atoms with Gasteiger partial charge in [-0.1, -0.05) is 35.9 Å². The van der Waals surface area contributed by atoms with E-state index in [4.69, 9.17) is 35.7 Å². The average molecular weight is 594 g/mol. The molecule has 0 aliphatic heterocycles. The summed E-state index contributed by atoms with van der Waals surface area (Å²) in [6.07, 6.45) is 1.17. The number of carboxylic acids is 1. The number of hydrogen-bond donors (Lipinski definition) is 1. The molecule has 0 fully saturated rings. The highest BCUT2D eigenvalue weighted by molar-refractivity contribution is 6.34. The Kier molecular flexibility index (Phi) is 9.42. The summed E-state index contributed by atoms with van der Waals surface area (Å²) >= 11 is 6.70. The number of halogens is 1. The number of rotatable bonds is 10. The summed E-state index contributed by atoms with van der Waals surface area (Å²) in [6.45, 7) is 5.57. The molecule has 9 nitrogen and oxygen atoms in total. The number of esters is 1. The van der Waals surface area contributed by atoms with Crippen LogP contribution in [0.15, 0.2) is 66.9 Å². The highest BCUT2D eigenvalue weighted by Crippen LogP contribution is 2.36. The van der Waals surface area contributed by atoms with Gasteiger partial charge in [-0.05, 0) is 74.7 Å². The quantitative estimate of drug-likeness (QED) is 0.150. The van der Waals surface area contributed by atoms with E-state index in [2.05, 4.69) is 0 Å². The van der Waals surface area contributed by atoms with Gasteiger partial charge in [0.2, 0.25) is 0 Å². The third-order valence-electron chi connectivity index (χ3n) is 6.20. The summed E-state index contributed by atoms with van der Waals surface area (Å²) in [5.74, 6) is -0.215. The monoisotopic (exact) mass is 593 g/mol. The van der Waals surface area contributed by atoms with Crippen molar-refractivity contribution >= 4 is 40.5 Å². The lowest BCUT2D eigenvalue weighted by Gasteiger charge is -2.19. The molecule has 10 heteroatoms. The van der Waals surface area contributed by atoms with Crippen LogP contribution in [0.3, 0.4) is 0 Å². The molecule has 0 spiro atoms. The van der Waals surface area contributed by atoms with Gasteiger partial charge in [0.25, 0.3) is 0 Å². The van der Waals surface area contributed by atoms with Crippen LogP contribution < -0.4 is 9.47 Å². The first kappa shape index (κ1) is 30.5. The number of carbonyl (C=O) groups excluding carboxylic acids is 2. The third kappa shape index (κ3) is 7.61. The Labute approximate surface area is 248 Å². The first-order valence-electron chi connectivity index (χ1n) is 13.3. The van der Waals surface area contributed by atoms with Crippen molar-refractivity contribution in [3.63, 3.8) is 0 Å². The van der Waals surface area contributed by atoms with E-state index in [1.807, 2.05) is 12.1 Å². The second kappa shape index (κ2) is 13.0. The lowest BCUT2D eigenvalue weighted by molar-refractivity contribution is -0.137. The van der Waals surface area contributed by atoms with Crippen molar-refractivity contribution in [3.05, 3.63) is 83.0 Å². The Bertz CT molecular complexity index is 1580. The highest BCUT2D eigenvalue weighted by atomic mass is 35.5. The molecule has 220 valence electrons. The Morgan fingerprint density at radius 3 is 2.24 bits per heavy atom. The van der Waals surface area contributed by atoms with Gasteiger partial charge >= 0.3 is 18.0 Å². The van der Waals surface area contributed by atoms with Gasteiger partial charge in [-0.25, -0.2) is 9.59 Å². The van der Waals surface area contributed by atoms with E-state index < -0.39 is 23.6 Å². The molecule has 0 amide bonds. The van der Waals surface area contributed by atoms with Gasteiger partial charge in [0.15, 0.2) is 0 Å². The fourth-order valence-corrected chi connectivity index (χ4v) is 4.45. The molecule has 3 aromatic carbocycles. The molecule has 4 aromatic rings. The smallest absolute Gasteiger partial charge is 0.419 e. The summed E-state index contributed by atoms with van der Waals surface area (Å²) in [6, 6.07) is 17.6. The van der Waals surface area contributed by atoms with Crippen molar-refractivity contribution in [3.8, 4) is 22.6 Å². The Hall–Kier alpha value is -4.50. The van der Waals surface area contributed by atoms with Gasteiger partial charge < -0.3 is 24.1 Å². The number of benzene rings is 3. The predicted octanol–water partition coefficient (Wildman–Crippen LogP) is 7.35. The maximum atomic E-state index is 13.3. The number of methoxy groups -OCH3 is 1. The minimum Gasteiger partial charge on any atom is -0.497 e. The summed E-state index contributed by atoms with van der Waals surface area (Å²) in [4.78, 5) is 37.1. The van der Waals surface area contributed by atoms with Crippen LogP contribution in [0.2, 0.25) is 5.02 Å². The van der Waals surface area contributed by atoms with Gasteiger partial charge in [0.05, 0.1) is 29.8 Å². The largest absolute Gasteiger partial charge is 0.497 e. The maximum Gasteiger partial charge on any atom is 0.419 e. The molecule has 42 heavy (non-hydrogen) atoms. The second-order valence-electron chi connectivity index (χ2n) is 10.5. The van der Waals surface area contributed by atoms with Crippen molar-refractivity contribution in [1.82, 2.24) is 4.57 Å². The fraction of sp³-hybridized carbons (Fsp3) is 0.281. The number of nitrogens with zero attached hydrogens (tertiary/aromatic N) is 1. The Morgan fingerprint density at radius 1 is 0.952 bits per heavy atom. The molecular formula is C32H32ClNO8. The van der Waals surface area contributed by atoms with Gasteiger partial charge in [0.1, 0.15) is 23.7 Å². The molecule has 0 unspecified atom stereocenters. The number of ether oxygens (including phenoxy) is 4.